The minimum absolute atomic E-state index is 0.00477. The van der Waals surface area contributed by atoms with Gasteiger partial charge in [-0.1, -0.05) is 43.6 Å². The number of sulfonamides is 1. The number of aromatic nitrogens is 2. The Labute approximate surface area is 240 Å². The number of ether oxygens (including phenoxy) is 1. The summed E-state index contributed by atoms with van der Waals surface area (Å²) in [4.78, 5) is 18.1. The Morgan fingerprint density at radius 3 is 2.30 bits per heavy atom. The molecule has 40 heavy (non-hydrogen) atoms. The number of methoxy groups -OCH3 is 1. The van der Waals surface area contributed by atoms with Crippen molar-refractivity contribution in [3.8, 4) is 22.7 Å². The monoisotopic (exact) mass is 580 g/mol. The molecule has 0 aliphatic heterocycles. The number of imidazole rings is 1. The molecule has 1 amide bonds. The Morgan fingerprint density at radius 1 is 1.02 bits per heavy atom. The van der Waals surface area contributed by atoms with Crippen LogP contribution < -0.4 is 10.1 Å². The van der Waals surface area contributed by atoms with E-state index in [-0.39, 0.29) is 29.9 Å². The van der Waals surface area contributed by atoms with Gasteiger partial charge in [0.05, 0.1) is 24.2 Å². The van der Waals surface area contributed by atoms with Crippen molar-refractivity contribution in [2.75, 3.05) is 25.5 Å². The Morgan fingerprint density at radius 2 is 1.70 bits per heavy atom. The highest BCUT2D eigenvalue weighted by molar-refractivity contribution is 7.89. The van der Waals surface area contributed by atoms with Crippen LogP contribution in [0.3, 0.4) is 0 Å². The summed E-state index contributed by atoms with van der Waals surface area (Å²) in [7, 11) is -2.43. The Hall–Kier alpha value is -3.66. The van der Waals surface area contributed by atoms with Crippen LogP contribution in [0.1, 0.15) is 25.0 Å². The second-order valence-electron chi connectivity index (χ2n) is 10.0. The maximum Gasteiger partial charge on any atom is 0.243 e. The number of amides is 1. The number of carbonyl (C=O) groups is 1. The van der Waals surface area contributed by atoms with Crippen molar-refractivity contribution in [1.82, 2.24) is 13.9 Å². The van der Waals surface area contributed by atoms with E-state index in [1.54, 1.807) is 28.8 Å². The quantitative estimate of drug-likeness (QED) is 0.244. The topological polar surface area (TPSA) is 93.5 Å². The van der Waals surface area contributed by atoms with Crippen molar-refractivity contribution in [3.05, 3.63) is 89.1 Å². The van der Waals surface area contributed by atoms with Crippen molar-refractivity contribution in [2.45, 2.75) is 32.6 Å². The summed E-state index contributed by atoms with van der Waals surface area (Å²) in [5.41, 5.74) is 4.50. The van der Waals surface area contributed by atoms with Crippen LogP contribution in [0.4, 0.5) is 5.95 Å². The van der Waals surface area contributed by atoms with Crippen molar-refractivity contribution in [1.29, 1.82) is 0 Å². The fourth-order valence-electron chi connectivity index (χ4n) is 4.18. The van der Waals surface area contributed by atoms with Gasteiger partial charge in [0.25, 0.3) is 0 Å². The van der Waals surface area contributed by atoms with Crippen molar-refractivity contribution < 1.29 is 17.9 Å². The maximum atomic E-state index is 13.5. The molecule has 1 heterocycles. The molecule has 0 bridgehead atoms. The third-order valence-electron chi connectivity index (χ3n) is 6.45. The number of hydrogen-bond acceptors (Lipinski definition) is 5. The highest BCUT2D eigenvalue weighted by atomic mass is 35.5. The van der Waals surface area contributed by atoms with Crippen LogP contribution in [0, 0.1) is 19.8 Å². The van der Waals surface area contributed by atoms with Gasteiger partial charge in [-0.3, -0.25) is 14.7 Å². The van der Waals surface area contributed by atoms with Crippen LogP contribution in [-0.2, 0) is 14.8 Å². The van der Waals surface area contributed by atoms with E-state index < -0.39 is 15.9 Å². The summed E-state index contributed by atoms with van der Waals surface area (Å²) < 4.78 is 35.1. The second-order valence-corrected chi connectivity index (χ2v) is 12.4. The lowest BCUT2D eigenvalue weighted by Gasteiger charge is -2.23. The number of carbonyl (C=O) groups excluding carboxylic acids is 1. The Balaban J connectivity index is 1.66. The highest BCUT2D eigenvalue weighted by Crippen LogP contribution is 2.27. The van der Waals surface area contributed by atoms with Crippen LogP contribution in [0.5, 0.6) is 5.75 Å². The van der Waals surface area contributed by atoms with E-state index in [9.17, 15) is 13.2 Å². The van der Waals surface area contributed by atoms with E-state index in [4.69, 9.17) is 21.3 Å². The van der Waals surface area contributed by atoms with Crippen LogP contribution in [-0.4, -0.2) is 48.4 Å². The molecular formula is C30H33ClN4O4S. The number of halogens is 1. The van der Waals surface area contributed by atoms with Gasteiger partial charge in [-0.25, -0.2) is 13.4 Å². The lowest BCUT2D eigenvalue weighted by atomic mass is 10.1. The first-order valence-electron chi connectivity index (χ1n) is 12.8. The van der Waals surface area contributed by atoms with Gasteiger partial charge in [-0.05, 0) is 79.4 Å². The van der Waals surface area contributed by atoms with E-state index in [2.05, 4.69) is 5.32 Å². The zero-order valence-corrected chi connectivity index (χ0v) is 24.8. The summed E-state index contributed by atoms with van der Waals surface area (Å²) in [6.07, 6.45) is 1.84. The summed E-state index contributed by atoms with van der Waals surface area (Å²) in [6, 6.07) is 19.3. The summed E-state index contributed by atoms with van der Waals surface area (Å²) >= 11 is 6.07. The van der Waals surface area contributed by atoms with E-state index in [1.807, 2.05) is 64.2 Å². The zero-order chi connectivity index (χ0) is 29.0. The SMILES string of the molecule is COc1ccc(S(=O)(=O)N(CC(=O)Nc2nc(-c3ccc(Cl)cc3)cn2-c2ccc(C)c(C)c2)CC(C)C)cc1. The van der Waals surface area contributed by atoms with Gasteiger partial charge >= 0.3 is 0 Å². The molecule has 1 aromatic heterocycles. The number of nitrogens with zero attached hydrogens (tertiary/aromatic N) is 3. The van der Waals surface area contributed by atoms with Gasteiger partial charge in [-0.15, -0.1) is 0 Å². The molecule has 10 heteroatoms. The molecule has 0 spiro atoms. The number of benzene rings is 3. The van der Waals surface area contributed by atoms with Gasteiger partial charge in [0, 0.05) is 29.0 Å². The van der Waals surface area contributed by atoms with Gasteiger partial charge in [0.1, 0.15) is 5.75 Å². The van der Waals surface area contributed by atoms with Crippen molar-refractivity contribution in [3.63, 3.8) is 0 Å². The number of rotatable bonds is 10. The largest absolute Gasteiger partial charge is 0.497 e. The molecule has 0 saturated carbocycles. The second kappa shape index (κ2) is 12.2. The predicted molar refractivity (Wildman–Crippen MR) is 159 cm³/mol. The summed E-state index contributed by atoms with van der Waals surface area (Å²) in [5.74, 6) is 0.317. The molecule has 0 radical (unpaired) electrons. The Kier molecular flexibility index (Phi) is 8.98. The molecule has 8 nitrogen and oxygen atoms in total. The molecule has 0 saturated heterocycles. The molecule has 0 atom stereocenters. The van der Waals surface area contributed by atoms with Crippen LogP contribution >= 0.6 is 11.6 Å². The molecule has 0 unspecified atom stereocenters. The maximum absolute atomic E-state index is 13.5. The lowest BCUT2D eigenvalue weighted by Crippen LogP contribution is -2.40. The van der Waals surface area contributed by atoms with E-state index in [1.165, 1.54) is 23.5 Å². The van der Waals surface area contributed by atoms with Gasteiger partial charge < -0.3 is 4.74 Å². The summed E-state index contributed by atoms with van der Waals surface area (Å²) in [6.45, 7) is 7.65. The highest BCUT2D eigenvalue weighted by Gasteiger charge is 2.28. The minimum Gasteiger partial charge on any atom is -0.497 e. The third-order valence-corrected chi connectivity index (χ3v) is 8.53. The number of nitrogens with one attached hydrogen (secondary N) is 1. The first-order chi connectivity index (χ1) is 19.0. The molecular weight excluding hydrogens is 548 g/mol. The molecule has 210 valence electrons. The molecule has 0 fully saturated rings. The van der Waals surface area contributed by atoms with Crippen LogP contribution in [0.2, 0.25) is 5.02 Å². The third kappa shape index (κ3) is 6.72. The fraction of sp³-hybridized carbons (Fsp3) is 0.267. The van der Waals surface area contributed by atoms with Crippen LogP contribution in [0.15, 0.2) is 77.8 Å². The average Bonchev–Trinajstić information content (AvgIpc) is 3.33. The average molecular weight is 581 g/mol. The number of aryl methyl sites for hydroxylation is 2. The Bertz CT molecular complexity index is 1600. The summed E-state index contributed by atoms with van der Waals surface area (Å²) in [5, 5.41) is 3.46. The molecule has 1 N–H and O–H groups in total. The van der Waals surface area contributed by atoms with Crippen LogP contribution in [0.25, 0.3) is 16.9 Å². The smallest absolute Gasteiger partial charge is 0.243 e. The fourth-order valence-corrected chi connectivity index (χ4v) is 5.86. The lowest BCUT2D eigenvalue weighted by molar-refractivity contribution is -0.116. The molecule has 4 rings (SSSR count). The van der Waals surface area contributed by atoms with Gasteiger partial charge in [0.15, 0.2) is 0 Å². The number of hydrogen-bond donors (Lipinski definition) is 1. The van der Waals surface area contributed by atoms with E-state index in [0.717, 1.165) is 22.4 Å². The van der Waals surface area contributed by atoms with Crippen molar-refractivity contribution >= 4 is 33.5 Å². The van der Waals surface area contributed by atoms with Crippen molar-refractivity contribution in [2.24, 2.45) is 5.92 Å². The molecule has 4 aromatic rings. The van der Waals surface area contributed by atoms with E-state index in [0.29, 0.717) is 16.5 Å². The standard InChI is InChI=1S/C30H33ClN4O4S/c1-20(2)17-34(40(37,38)27-14-12-26(39-5)13-15-27)19-29(36)33-30-32-28(23-7-9-24(31)10-8-23)18-35(30)25-11-6-21(3)22(4)16-25/h6-16,18,20H,17,19H2,1-5H3,(H,32,33,36). The zero-order valence-electron chi connectivity index (χ0n) is 23.2. The van der Waals surface area contributed by atoms with E-state index >= 15 is 0 Å². The molecule has 0 aliphatic rings. The molecule has 0 aliphatic carbocycles. The number of anilines is 1. The minimum atomic E-state index is -3.95. The first-order valence-corrected chi connectivity index (χ1v) is 14.7. The predicted octanol–water partition coefficient (Wildman–Crippen LogP) is 6.10. The molecule has 3 aromatic carbocycles. The first kappa shape index (κ1) is 29.3. The van der Waals surface area contributed by atoms with Gasteiger partial charge in [-0.2, -0.15) is 4.31 Å². The van der Waals surface area contributed by atoms with Gasteiger partial charge in [0.2, 0.25) is 21.9 Å². The normalized spacial score (nSPS) is 11.7.